The number of pyridine rings is 1. The molecule has 8 nitrogen and oxygen atoms in total. The molecule has 10 heteroatoms. The molecule has 0 aliphatic carbocycles. The number of aromatic nitrogens is 1. The van der Waals surface area contributed by atoms with E-state index in [9.17, 15) is 22.4 Å². The van der Waals surface area contributed by atoms with Crippen LogP contribution in [-0.4, -0.2) is 61.6 Å². The number of esters is 1. The van der Waals surface area contributed by atoms with E-state index in [2.05, 4.69) is 4.98 Å². The lowest BCUT2D eigenvalue weighted by atomic mass is 10.3. The van der Waals surface area contributed by atoms with Crippen molar-refractivity contribution in [1.82, 2.24) is 9.88 Å². The fourth-order valence-electron chi connectivity index (χ4n) is 2.63. The van der Waals surface area contributed by atoms with Gasteiger partial charge in [0, 0.05) is 31.2 Å². The van der Waals surface area contributed by atoms with Gasteiger partial charge in [0.15, 0.2) is 16.6 Å². The maximum atomic E-state index is 13.3. The number of anilines is 1. The van der Waals surface area contributed by atoms with Crippen molar-refractivity contribution >= 4 is 27.5 Å². The van der Waals surface area contributed by atoms with Crippen LogP contribution in [0.25, 0.3) is 0 Å². The van der Waals surface area contributed by atoms with Gasteiger partial charge in [-0.15, -0.1) is 0 Å². The Morgan fingerprint density at radius 2 is 1.82 bits per heavy atom. The summed E-state index contributed by atoms with van der Waals surface area (Å²) in [7, 11) is -3.16. The third-order valence-electron chi connectivity index (χ3n) is 4.21. The molecule has 2 amide bonds. The molecule has 148 valence electrons. The SMILES string of the molecule is O=C(OCN(C(=O)N1CCS(=O)(=O)CC1)c1ccc(F)cc1)c1cccnc1. The minimum atomic E-state index is -3.16. The number of halogens is 1. The van der Waals surface area contributed by atoms with E-state index < -0.39 is 34.4 Å². The topological polar surface area (TPSA) is 96.9 Å². The first-order valence-corrected chi connectivity index (χ1v) is 10.3. The molecule has 1 aliphatic rings. The highest BCUT2D eigenvalue weighted by Crippen LogP contribution is 2.18. The van der Waals surface area contributed by atoms with Gasteiger partial charge in [0.25, 0.3) is 0 Å². The summed E-state index contributed by atoms with van der Waals surface area (Å²) in [5.41, 5.74) is 0.539. The highest BCUT2D eigenvalue weighted by Gasteiger charge is 2.29. The summed E-state index contributed by atoms with van der Waals surface area (Å²) in [5, 5.41) is 0. The van der Waals surface area contributed by atoms with Crippen LogP contribution in [0.2, 0.25) is 0 Å². The van der Waals surface area contributed by atoms with Gasteiger partial charge in [-0.3, -0.25) is 9.88 Å². The molecule has 0 unspecified atom stereocenters. The largest absolute Gasteiger partial charge is 0.440 e. The van der Waals surface area contributed by atoms with Gasteiger partial charge < -0.3 is 9.64 Å². The Balaban J connectivity index is 1.76. The van der Waals surface area contributed by atoms with Crippen LogP contribution in [0.15, 0.2) is 48.8 Å². The van der Waals surface area contributed by atoms with Gasteiger partial charge in [0.1, 0.15) is 5.82 Å². The number of nitrogens with zero attached hydrogens (tertiary/aromatic N) is 3. The zero-order valence-electron chi connectivity index (χ0n) is 14.8. The molecular formula is C18H18FN3O5S. The second-order valence-electron chi connectivity index (χ2n) is 6.13. The molecule has 0 saturated carbocycles. The molecule has 0 radical (unpaired) electrons. The number of benzene rings is 1. The summed E-state index contributed by atoms with van der Waals surface area (Å²) < 4.78 is 41.7. The predicted octanol–water partition coefficient (Wildman–Crippen LogP) is 1.69. The molecule has 1 aliphatic heterocycles. The minimum Gasteiger partial charge on any atom is -0.440 e. The summed E-state index contributed by atoms with van der Waals surface area (Å²) in [6.07, 6.45) is 2.84. The Morgan fingerprint density at radius 3 is 2.43 bits per heavy atom. The Bertz CT molecular complexity index is 937. The summed E-state index contributed by atoms with van der Waals surface area (Å²) in [5.74, 6) is -1.42. The average Bonchev–Trinajstić information content (AvgIpc) is 2.69. The molecule has 0 spiro atoms. The molecule has 1 aromatic carbocycles. The van der Waals surface area contributed by atoms with Gasteiger partial charge in [-0.05, 0) is 36.4 Å². The molecule has 2 heterocycles. The number of sulfone groups is 1. The summed E-state index contributed by atoms with van der Waals surface area (Å²) >= 11 is 0. The maximum Gasteiger partial charge on any atom is 0.341 e. The smallest absolute Gasteiger partial charge is 0.341 e. The fourth-order valence-corrected chi connectivity index (χ4v) is 3.83. The number of urea groups is 1. The van der Waals surface area contributed by atoms with E-state index in [4.69, 9.17) is 4.74 Å². The van der Waals surface area contributed by atoms with Crippen LogP contribution in [-0.2, 0) is 14.6 Å². The summed E-state index contributed by atoms with van der Waals surface area (Å²) in [6.45, 7) is -0.341. The van der Waals surface area contributed by atoms with E-state index in [1.54, 1.807) is 6.07 Å². The molecule has 1 fully saturated rings. The van der Waals surface area contributed by atoms with Crippen LogP contribution in [0, 0.1) is 5.82 Å². The molecule has 0 atom stereocenters. The fraction of sp³-hybridized carbons (Fsp3) is 0.278. The third kappa shape index (κ3) is 4.83. The number of amides is 2. The monoisotopic (exact) mass is 407 g/mol. The van der Waals surface area contributed by atoms with Crippen molar-refractivity contribution in [3.8, 4) is 0 Å². The quantitative estimate of drug-likeness (QED) is 0.565. The molecule has 1 saturated heterocycles. The Morgan fingerprint density at radius 1 is 1.14 bits per heavy atom. The molecule has 3 rings (SSSR count). The van der Waals surface area contributed by atoms with Crippen molar-refractivity contribution in [3.05, 3.63) is 60.2 Å². The normalized spacial score (nSPS) is 15.7. The van der Waals surface area contributed by atoms with Crippen LogP contribution in [0.1, 0.15) is 10.4 Å². The van der Waals surface area contributed by atoms with E-state index in [0.29, 0.717) is 5.69 Å². The van der Waals surface area contributed by atoms with E-state index in [-0.39, 0.29) is 30.2 Å². The first-order valence-electron chi connectivity index (χ1n) is 8.45. The van der Waals surface area contributed by atoms with Crippen LogP contribution in [0.5, 0.6) is 0 Å². The number of hydrogen-bond acceptors (Lipinski definition) is 6. The van der Waals surface area contributed by atoms with E-state index in [1.165, 1.54) is 47.6 Å². The first-order chi connectivity index (χ1) is 13.4. The predicted molar refractivity (Wildman–Crippen MR) is 99.0 cm³/mol. The van der Waals surface area contributed by atoms with Crippen molar-refractivity contribution in [3.63, 3.8) is 0 Å². The molecule has 1 aromatic heterocycles. The lowest BCUT2D eigenvalue weighted by Crippen LogP contribution is -2.50. The number of carbonyl (C=O) groups is 2. The van der Waals surface area contributed by atoms with E-state index in [1.807, 2.05) is 0 Å². The van der Waals surface area contributed by atoms with E-state index >= 15 is 0 Å². The molecular weight excluding hydrogens is 389 g/mol. The van der Waals surface area contributed by atoms with Crippen molar-refractivity contribution in [2.24, 2.45) is 0 Å². The average molecular weight is 407 g/mol. The van der Waals surface area contributed by atoms with Gasteiger partial charge in [-0.2, -0.15) is 0 Å². The van der Waals surface area contributed by atoms with Crippen molar-refractivity contribution in [2.45, 2.75) is 0 Å². The number of rotatable bonds is 4. The number of ether oxygens (including phenoxy) is 1. The molecule has 0 N–H and O–H groups in total. The second-order valence-corrected chi connectivity index (χ2v) is 8.43. The number of carbonyl (C=O) groups excluding carboxylic acids is 2. The zero-order valence-corrected chi connectivity index (χ0v) is 15.6. The summed E-state index contributed by atoms with van der Waals surface area (Å²) in [6, 6.07) is 7.69. The summed E-state index contributed by atoms with van der Waals surface area (Å²) in [4.78, 5) is 31.4. The Labute approximate surface area is 161 Å². The van der Waals surface area contributed by atoms with Gasteiger partial charge >= 0.3 is 12.0 Å². The van der Waals surface area contributed by atoms with Crippen LogP contribution >= 0.6 is 0 Å². The van der Waals surface area contributed by atoms with Crippen LogP contribution in [0.4, 0.5) is 14.9 Å². The lowest BCUT2D eigenvalue weighted by molar-refractivity contribution is 0.0507. The van der Waals surface area contributed by atoms with Gasteiger partial charge in [0.05, 0.1) is 17.1 Å². The highest BCUT2D eigenvalue weighted by atomic mass is 32.2. The van der Waals surface area contributed by atoms with Gasteiger partial charge in [-0.1, -0.05) is 0 Å². The number of hydrogen-bond donors (Lipinski definition) is 0. The molecule has 0 bridgehead atoms. The molecule has 28 heavy (non-hydrogen) atoms. The molecule has 2 aromatic rings. The van der Waals surface area contributed by atoms with Crippen molar-refractivity contribution in [2.75, 3.05) is 36.2 Å². The minimum absolute atomic E-state index is 0.0371. The standard InChI is InChI=1S/C18H18FN3O5S/c19-15-3-5-16(6-4-15)22(13-27-17(23)14-2-1-7-20-12-14)18(24)21-8-10-28(25,26)11-9-21/h1-7,12H,8-11,13H2. The Hall–Kier alpha value is -3.01. The highest BCUT2D eigenvalue weighted by molar-refractivity contribution is 7.91. The zero-order chi connectivity index (χ0) is 20.1. The lowest BCUT2D eigenvalue weighted by Gasteiger charge is -2.32. The third-order valence-corrected chi connectivity index (χ3v) is 5.82. The van der Waals surface area contributed by atoms with Crippen LogP contribution in [0.3, 0.4) is 0 Å². The van der Waals surface area contributed by atoms with Crippen molar-refractivity contribution in [1.29, 1.82) is 0 Å². The maximum absolute atomic E-state index is 13.3. The van der Waals surface area contributed by atoms with Crippen molar-refractivity contribution < 1.29 is 27.1 Å². The van der Waals surface area contributed by atoms with E-state index in [0.717, 1.165) is 4.90 Å². The van der Waals surface area contributed by atoms with Crippen LogP contribution < -0.4 is 4.90 Å². The Kier molecular flexibility index (Phi) is 5.88. The van der Waals surface area contributed by atoms with Gasteiger partial charge in [-0.25, -0.2) is 22.4 Å². The van der Waals surface area contributed by atoms with Gasteiger partial charge in [0.2, 0.25) is 0 Å². The second kappa shape index (κ2) is 8.34. The first kappa shape index (κ1) is 19.7.